The molecule has 0 aromatic heterocycles. The molecule has 53 heavy (non-hydrogen) atoms. The summed E-state index contributed by atoms with van der Waals surface area (Å²) in [5.74, 6) is 1.35. The standard InChI is InChI=1S/C52H54Si/c1-35(2)43-31-21-32-44(36(3)4)49(43)51-47(39-23-13-9-14-24-39)48(40-25-15-10-16-26-40)52(50-45(37(5)6)33-22-34-46(50)38(7)8)53(51,41-27-17-11-18-28-41)42-29-19-12-20-30-42/h9-38H,1-8H3. The fourth-order valence-electron chi connectivity index (χ4n) is 8.96. The summed E-state index contributed by atoms with van der Waals surface area (Å²) in [5, 5.41) is 5.90. The van der Waals surface area contributed by atoms with Crippen LogP contribution in [0.1, 0.15) is 124 Å². The summed E-state index contributed by atoms with van der Waals surface area (Å²) in [5.41, 5.74) is 13.9. The Morgan fingerprint density at radius 2 is 0.566 bits per heavy atom. The lowest BCUT2D eigenvalue weighted by Crippen LogP contribution is -2.60. The van der Waals surface area contributed by atoms with Crippen molar-refractivity contribution in [1.29, 1.82) is 0 Å². The third-order valence-electron chi connectivity index (χ3n) is 11.3. The highest BCUT2D eigenvalue weighted by atomic mass is 28.3. The Bertz CT molecular complexity index is 2040. The van der Waals surface area contributed by atoms with Crippen LogP contribution < -0.4 is 10.4 Å². The number of rotatable bonds is 10. The van der Waals surface area contributed by atoms with Gasteiger partial charge in [-0.25, -0.2) is 0 Å². The average molecular weight is 707 g/mol. The van der Waals surface area contributed by atoms with Crippen molar-refractivity contribution >= 4 is 40.0 Å². The minimum Gasteiger partial charge on any atom is -0.0623 e. The molecule has 0 saturated carbocycles. The Morgan fingerprint density at radius 3 is 0.830 bits per heavy atom. The molecule has 0 fully saturated rings. The zero-order valence-electron chi connectivity index (χ0n) is 32.8. The van der Waals surface area contributed by atoms with E-state index in [1.807, 2.05) is 0 Å². The van der Waals surface area contributed by atoms with E-state index in [-0.39, 0.29) is 0 Å². The highest BCUT2D eigenvalue weighted by Crippen LogP contribution is 2.58. The molecule has 0 amide bonds. The molecule has 6 aromatic carbocycles. The van der Waals surface area contributed by atoms with Gasteiger partial charge in [-0.15, -0.1) is 0 Å². The van der Waals surface area contributed by atoms with Crippen LogP contribution in [-0.2, 0) is 0 Å². The van der Waals surface area contributed by atoms with Gasteiger partial charge >= 0.3 is 0 Å². The van der Waals surface area contributed by atoms with Crippen LogP contribution in [0.15, 0.2) is 158 Å². The summed E-state index contributed by atoms with van der Waals surface area (Å²) in [6.45, 7) is 19.0. The van der Waals surface area contributed by atoms with E-state index in [4.69, 9.17) is 0 Å². The fourth-order valence-corrected chi connectivity index (χ4v) is 14.7. The Kier molecular flexibility index (Phi) is 10.4. The third-order valence-corrected chi connectivity index (χ3v) is 16.2. The Balaban J connectivity index is 1.89. The third kappa shape index (κ3) is 6.30. The van der Waals surface area contributed by atoms with E-state index >= 15 is 0 Å². The van der Waals surface area contributed by atoms with Crippen LogP contribution in [0.4, 0.5) is 0 Å². The average Bonchev–Trinajstić information content (AvgIpc) is 3.50. The minimum atomic E-state index is -3.17. The molecule has 0 aliphatic carbocycles. The van der Waals surface area contributed by atoms with Crippen molar-refractivity contribution in [2.75, 3.05) is 0 Å². The van der Waals surface area contributed by atoms with Crippen molar-refractivity contribution in [2.45, 2.75) is 79.1 Å². The van der Waals surface area contributed by atoms with Gasteiger partial charge in [0.05, 0.1) is 0 Å². The number of hydrogen-bond acceptors (Lipinski definition) is 0. The van der Waals surface area contributed by atoms with E-state index in [1.165, 1.54) is 76.4 Å². The molecule has 0 bridgehead atoms. The lowest BCUT2D eigenvalue weighted by Gasteiger charge is -2.39. The van der Waals surface area contributed by atoms with Gasteiger partial charge in [0.25, 0.3) is 0 Å². The smallest absolute Gasteiger partial charge is 0.0623 e. The van der Waals surface area contributed by atoms with Crippen LogP contribution >= 0.6 is 0 Å². The summed E-state index contributed by atoms with van der Waals surface area (Å²) >= 11 is 0. The molecule has 0 unspecified atom stereocenters. The molecule has 6 aromatic rings. The van der Waals surface area contributed by atoms with E-state index in [0.29, 0.717) is 23.7 Å². The quantitative estimate of drug-likeness (QED) is 0.124. The summed E-state index contributed by atoms with van der Waals surface area (Å²) in [6.07, 6.45) is 0. The van der Waals surface area contributed by atoms with Gasteiger partial charge < -0.3 is 0 Å². The van der Waals surface area contributed by atoms with Crippen molar-refractivity contribution in [3.05, 3.63) is 202 Å². The van der Waals surface area contributed by atoms with Crippen LogP contribution in [0, 0.1) is 0 Å². The van der Waals surface area contributed by atoms with E-state index in [9.17, 15) is 0 Å². The van der Waals surface area contributed by atoms with Gasteiger partial charge in [0.15, 0.2) is 8.07 Å². The minimum absolute atomic E-state index is 0.338. The van der Waals surface area contributed by atoms with Gasteiger partial charge in [0, 0.05) is 0 Å². The number of allylic oxidation sites excluding steroid dienone is 2. The zero-order valence-corrected chi connectivity index (χ0v) is 33.8. The van der Waals surface area contributed by atoms with Crippen molar-refractivity contribution in [2.24, 2.45) is 0 Å². The second kappa shape index (κ2) is 15.2. The van der Waals surface area contributed by atoms with Crippen molar-refractivity contribution in [1.82, 2.24) is 0 Å². The molecule has 0 spiro atoms. The normalized spacial score (nSPS) is 14.3. The largest absolute Gasteiger partial charge is 0.182 e. The zero-order chi connectivity index (χ0) is 37.3. The number of benzene rings is 6. The fraction of sp³-hybridized carbons (Fsp3) is 0.231. The first-order valence-corrected chi connectivity index (χ1v) is 21.7. The molecule has 0 saturated heterocycles. The summed E-state index contributed by atoms with van der Waals surface area (Å²) in [6, 6.07) is 60.3. The van der Waals surface area contributed by atoms with Gasteiger partial charge in [0.1, 0.15) is 0 Å². The molecule has 0 atom stereocenters. The van der Waals surface area contributed by atoms with E-state index in [1.54, 1.807) is 0 Å². The molecule has 0 nitrogen and oxygen atoms in total. The van der Waals surface area contributed by atoms with Crippen molar-refractivity contribution < 1.29 is 0 Å². The molecule has 1 aliphatic heterocycles. The Hall–Kier alpha value is -4.98. The SMILES string of the molecule is CC(C)c1cccc(C(C)C)c1C1=C(c2ccccc2)C(c2ccccc2)=C(c2c(C(C)C)cccc2C(C)C)[Si]1(c1ccccc1)c1ccccc1. The van der Waals surface area contributed by atoms with Gasteiger partial charge in [-0.05, 0) is 100 Å². The highest BCUT2D eigenvalue weighted by Gasteiger charge is 2.55. The second-order valence-corrected chi connectivity index (χ2v) is 19.6. The van der Waals surface area contributed by atoms with Crippen molar-refractivity contribution in [3.8, 4) is 0 Å². The van der Waals surface area contributed by atoms with Gasteiger partial charge in [-0.1, -0.05) is 213 Å². The van der Waals surface area contributed by atoms with Crippen LogP contribution in [0.2, 0.25) is 0 Å². The van der Waals surface area contributed by atoms with Crippen LogP contribution in [0.3, 0.4) is 0 Å². The number of hydrogen-bond donors (Lipinski definition) is 0. The first kappa shape index (κ1) is 36.4. The molecule has 266 valence electrons. The predicted octanol–water partition coefficient (Wildman–Crippen LogP) is 13.1. The first-order valence-electron chi connectivity index (χ1n) is 19.7. The summed E-state index contributed by atoms with van der Waals surface area (Å²) in [4.78, 5) is 0. The van der Waals surface area contributed by atoms with Crippen molar-refractivity contribution in [3.63, 3.8) is 0 Å². The molecular formula is C52H54Si. The van der Waals surface area contributed by atoms with Crippen LogP contribution in [0.5, 0.6) is 0 Å². The maximum absolute atomic E-state index is 3.17. The summed E-state index contributed by atoms with van der Waals surface area (Å²) < 4.78 is 0. The topological polar surface area (TPSA) is 0 Å². The molecule has 1 aliphatic rings. The van der Waals surface area contributed by atoms with E-state index in [0.717, 1.165) is 0 Å². The van der Waals surface area contributed by atoms with Crippen LogP contribution in [0.25, 0.3) is 21.5 Å². The first-order chi connectivity index (χ1) is 25.7. The maximum Gasteiger partial charge on any atom is 0.182 e. The Morgan fingerprint density at radius 1 is 0.302 bits per heavy atom. The Labute approximate surface area is 320 Å². The van der Waals surface area contributed by atoms with Gasteiger partial charge in [-0.3, -0.25) is 0 Å². The lowest BCUT2D eigenvalue weighted by atomic mass is 9.82. The van der Waals surface area contributed by atoms with Gasteiger partial charge in [-0.2, -0.15) is 0 Å². The van der Waals surface area contributed by atoms with Gasteiger partial charge in [0.2, 0.25) is 0 Å². The molecule has 1 heterocycles. The van der Waals surface area contributed by atoms with E-state index < -0.39 is 8.07 Å². The molecule has 1 heteroatoms. The molecule has 7 rings (SSSR count). The lowest BCUT2D eigenvalue weighted by molar-refractivity contribution is 0.828. The molecule has 0 radical (unpaired) electrons. The summed E-state index contributed by atoms with van der Waals surface area (Å²) in [7, 11) is -3.17. The monoisotopic (exact) mass is 706 g/mol. The van der Waals surface area contributed by atoms with E-state index in [2.05, 4.69) is 213 Å². The highest BCUT2D eigenvalue weighted by molar-refractivity contribution is 7.29. The predicted molar refractivity (Wildman–Crippen MR) is 234 cm³/mol. The van der Waals surface area contributed by atoms with Crippen LogP contribution in [-0.4, -0.2) is 8.07 Å². The molecule has 0 N–H and O–H groups in total. The molecular weight excluding hydrogens is 653 g/mol. The second-order valence-electron chi connectivity index (χ2n) is 16.0. The maximum atomic E-state index is 2.45.